The second kappa shape index (κ2) is 6.17. The first-order valence-corrected chi connectivity index (χ1v) is 7.40. The van der Waals surface area contributed by atoms with Crippen LogP contribution >= 0.6 is 0 Å². The summed E-state index contributed by atoms with van der Waals surface area (Å²) in [4.78, 5) is -1.20. The van der Waals surface area contributed by atoms with E-state index in [0.717, 1.165) is 0 Å². The van der Waals surface area contributed by atoms with Gasteiger partial charge in [0.05, 0.1) is 5.56 Å². The van der Waals surface area contributed by atoms with E-state index >= 15 is 0 Å². The first kappa shape index (κ1) is 19.0. The molecule has 25 heavy (non-hydrogen) atoms. The molecule has 0 spiro atoms. The molecule has 0 aliphatic heterocycles. The Kier molecular flexibility index (Phi) is 4.68. The normalized spacial score (nSPS) is 12.3. The van der Waals surface area contributed by atoms with Crippen molar-refractivity contribution in [1.29, 1.82) is 0 Å². The lowest BCUT2D eigenvalue weighted by Crippen LogP contribution is -2.15. The number of rotatable bonds is 3. The summed E-state index contributed by atoms with van der Waals surface area (Å²) in [6.07, 6.45) is -4.95. The third-order valence-electron chi connectivity index (χ3n) is 2.81. The van der Waals surface area contributed by atoms with Gasteiger partial charge in [0, 0.05) is 0 Å². The molecule has 136 valence electrons. The second-order valence-corrected chi connectivity index (χ2v) is 6.01. The van der Waals surface area contributed by atoms with Gasteiger partial charge in [0.2, 0.25) is 34.8 Å². The van der Waals surface area contributed by atoms with Crippen molar-refractivity contribution in [2.45, 2.75) is 11.1 Å². The lowest BCUT2D eigenvalue weighted by atomic mass is 10.2. The number of alkyl halides is 3. The third-order valence-corrected chi connectivity index (χ3v) is 4.03. The highest BCUT2D eigenvalue weighted by Crippen LogP contribution is 2.33. The lowest BCUT2D eigenvalue weighted by molar-refractivity contribution is -0.137. The van der Waals surface area contributed by atoms with Gasteiger partial charge in [0.15, 0.2) is 0 Å². The summed E-state index contributed by atoms with van der Waals surface area (Å²) in [7, 11) is -5.32. The maximum Gasteiger partial charge on any atom is 0.416 e. The minimum atomic E-state index is -5.32. The Morgan fingerprint density at radius 1 is 0.800 bits per heavy atom. The van der Waals surface area contributed by atoms with Crippen molar-refractivity contribution in [2.24, 2.45) is 0 Å². The van der Waals surface area contributed by atoms with E-state index in [1.165, 1.54) is 0 Å². The van der Waals surface area contributed by atoms with Crippen LogP contribution in [0.1, 0.15) is 5.56 Å². The van der Waals surface area contributed by atoms with Crippen LogP contribution in [0.2, 0.25) is 0 Å². The maximum absolute atomic E-state index is 13.4. The molecule has 3 nitrogen and oxygen atoms in total. The highest BCUT2D eigenvalue weighted by atomic mass is 32.2. The second-order valence-electron chi connectivity index (χ2n) is 4.46. The van der Waals surface area contributed by atoms with E-state index in [1.54, 1.807) is 0 Å². The highest BCUT2D eigenvalue weighted by molar-refractivity contribution is 7.87. The Labute approximate surface area is 134 Å². The summed E-state index contributed by atoms with van der Waals surface area (Å²) in [5, 5.41) is 0. The van der Waals surface area contributed by atoms with Gasteiger partial charge in [-0.15, -0.1) is 0 Å². The SMILES string of the molecule is O=S(=O)(Oc1c(F)c(F)c(F)c(F)c1F)c1cccc(C(F)(F)F)c1. The van der Waals surface area contributed by atoms with E-state index in [2.05, 4.69) is 4.18 Å². The van der Waals surface area contributed by atoms with Gasteiger partial charge in [0.1, 0.15) is 4.90 Å². The summed E-state index contributed by atoms with van der Waals surface area (Å²) >= 11 is 0. The minimum absolute atomic E-state index is 0.0708. The molecule has 0 atom stereocenters. The van der Waals surface area contributed by atoms with Gasteiger partial charge < -0.3 is 4.18 Å². The van der Waals surface area contributed by atoms with Crippen LogP contribution in [0.5, 0.6) is 5.75 Å². The fraction of sp³-hybridized carbons (Fsp3) is 0.0769. The van der Waals surface area contributed by atoms with Gasteiger partial charge in [0.25, 0.3) is 0 Å². The zero-order valence-electron chi connectivity index (χ0n) is 11.5. The molecule has 0 aromatic heterocycles. The Hall–Kier alpha value is -2.37. The molecule has 0 amide bonds. The first-order chi connectivity index (χ1) is 11.4. The standard InChI is InChI=1S/C13H4F8O3S/c14-7-8(15)10(17)12(11(18)9(7)16)24-25(22,23)6-3-1-2-5(4-6)13(19,20)21/h1-4H. The van der Waals surface area contributed by atoms with Crippen LogP contribution in [-0.4, -0.2) is 8.42 Å². The van der Waals surface area contributed by atoms with E-state index < -0.39 is 61.6 Å². The fourth-order valence-electron chi connectivity index (χ4n) is 1.64. The summed E-state index contributed by atoms with van der Waals surface area (Å²) in [6, 6.07) is 1.80. The summed E-state index contributed by atoms with van der Waals surface area (Å²) in [5.74, 6) is -14.9. The molecule has 0 aliphatic rings. The average Bonchev–Trinajstić information content (AvgIpc) is 2.54. The van der Waals surface area contributed by atoms with Crippen LogP contribution in [0.25, 0.3) is 0 Å². The molecule has 0 fully saturated rings. The molecular weight excluding hydrogens is 388 g/mol. The Bertz CT molecular complexity index is 908. The molecule has 2 rings (SSSR count). The Balaban J connectivity index is 2.55. The van der Waals surface area contributed by atoms with E-state index in [4.69, 9.17) is 0 Å². The van der Waals surface area contributed by atoms with Gasteiger partial charge in [-0.05, 0) is 18.2 Å². The molecule has 0 aliphatic carbocycles. The lowest BCUT2D eigenvalue weighted by Gasteiger charge is -2.12. The van der Waals surface area contributed by atoms with Crippen molar-refractivity contribution in [3.63, 3.8) is 0 Å². The molecule has 0 heterocycles. The van der Waals surface area contributed by atoms with Crippen LogP contribution in [0.15, 0.2) is 29.2 Å². The van der Waals surface area contributed by atoms with Crippen molar-refractivity contribution < 1.29 is 47.7 Å². The minimum Gasteiger partial charge on any atom is -0.372 e. The number of hydrogen-bond acceptors (Lipinski definition) is 3. The Morgan fingerprint density at radius 3 is 1.76 bits per heavy atom. The van der Waals surface area contributed by atoms with Crippen molar-refractivity contribution in [1.82, 2.24) is 0 Å². The summed E-state index contributed by atoms with van der Waals surface area (Å²) < 4.78 is 131. The van der Waals surface area contributed by atoms with Gasteiger partial charge in [-0.2, -0.15) is 30.4 Å². The van der Waals surface area contributed by atoms with Crippen LogP contribution in [0.4, 0.5) is 35.1 Å². The molecule has 0 saturated carbocycles. The number of hydrogen-bond donors (Lipinski definition) is 0. The van der Waals surface area contributed by atoms with Crippen LogP contribution < -0.4 is 4.18 Å². The largest absolute Gasteiger partial charge is 0.416 e. The molecule has 0 unspecified atom stereocenters. The Morgan fingerprint density at radius 2 is 1.28 bits per heavy atom. The summed E-state index contributed by atoms with van der Waals surface area (Å²) in [5.41, 5.74) is -1.44. The first-order valence-electron chi connectivity index (χ1n) is 5.99. The summed E-state index contributed by atoms with van der Waals surface area (Å²) in [6.45, 7) is 0. The van der Waals surface area contributed by atoms with Gasteiger partial charge in [-0.1, -0.05) is 6.07 Å². The van der Waals surface area contributed by atoms with E-state index in [-0.39, 0.29) is 6.07 Å². The van der Waals surface area contributed by atoms with Gasteiger partial charge >= 0.3 is 16.3 Å². The molecule has 0 saturated heterocycles. The van der Waals surface area contributed by atoms with Crippen molar-refractivity contribution in [3.05, 3.63) is 58.9 Å². The smallest absolute Gasteiger partial charge is 0.372 e. The van der Waals surface area contributed by atoms with Crippen molar-refractivity contribution in [2.75, 3.05) is 0 Å². The zero-order chi connectivity index (χ0) is 19.2. The molecule has 0 N–H and O–H groups in total. The number of benzene rings is 2. The van der Waals surface area contributed by atoms with E-state index in [9.17, 15) is 43.5 Å². The van der Waals surface area contributed by atoms with Crippen molar-refractivity contribution >= 4 is 10.1 Å². The predicted octanol–water partition coefficient (Wildman–Crippen LogP) is 4.17. The van der Waals surface area contributed by atoms with Crippen molar-refractivity contribution in [3.8, 4) is 5.75 Å². The maximum atomic E-state index is 13.4. The number of halogens is 8. The van der Waals surface area contributed by atoms with Crippen LogP contribution in [-0.2, 0) is 16.3 Å². The van der Waals surface area contributed by atoms with Crippen LogP contribution in [0.3, 0.4) is 0 Å². The average molecular weight is 392 g/mol. The molecule has 0 bridgehead atoms. The fourth-order valence-corrected chi connectivity index (χ4v) is 2.62. The third kappa shape index (κ3) is 3.52. The van der Waals surface area contributed by atoms with Gasteiger partial charge in [-0.25, -0.2) is 13.2 Å². The quantitative estimate of drug-likeness (QED) is 0.341. The topological polar surface area (TPSA) is 43.4 Å². The molecule has 12 heteroatoms. The monoisotopic (exact) mass is 392 g/mol. The predicted molar refractivity (Wildman–Crippen MR) is 65.5 cm³/mol. The molecule has 2 aromatic carbocycles. The van der Waals surface area contributed by atoms with Gasteiger partial charge in [-0.3, -0.25) is 0 Å². The molecule has 0 radical (unpaired) electrons. The molecule has 2 aromatic rings. The van der Waals surface area contributed by atoms with E-state index in [0.29, 0.717) is 18.2 Å². The highest BCUT2D eigenvalue weighted by Gasteiger charge is 2.34. The van der Waals surface area contributed by atoms with Crippen LogP contribution in [0, 0.1) is 29.1 Å². The molecular formula is C13H4F8O3S. The van der Waals surface area contributed by atoms with E-state index in [1.807, 2.05) is 0 Å². The zero-order valence-corrected chi connectivity index (χ0v) is 12.3.